The fraction of sp³-hybridized carbons (Fsp3) is 0.333. The van der Waals surface area contributed by atoms with Gasteiger partial charge in [0.1, 0.15) is 13.1 Å². The molecule has 21 heavy (non-hydrogen) atoms. The van der Waals surface area contributed by atoms with E-state index in [0.717, 1.165) is 16.1 Å². The minimum Gasteiger partial charge on any atom is -0.279 e. The van der Waals surface area contributed by atoms with E-state index < -0.39 is 35.4 Å². The molecule has 6 nitrogen and oxygen atoms in total. The molecule has 0 N–H and O–H groups in total. The fourth-order valence-corrected chi connectivity index (χ4v) is 1.70. The Bertz CT molecular complexity index is 480. The first-order chi connectivity index (χ1) is 9.83. The summed E-state index contributed by atoms with van der Waals surface area (Å²) in [5, 5.41) is -0.228. The number of amides is 2. The number of rotatable bonds is 7. The lowest BCUT2D eigenvalue weighted by Gasteiger charge is -2.31. The number of carbonyl (C=O) groups excluding carboxylic acids is 4. The highest BCUT2D eigenvalue weighted by molar-refractivity contribution is 9.11. The van der Waals surface area contributed by atoms with E-state index in [1.165, 1.54) is 11.1 Å². The van der Waals surface area contributed by atoms with Crippen molar-refractivity contribution >= 4 is 61.4 Å². The van der Waals surface area contributed by atoms with Crippen molar-refractivity contribution in [3.05, 3.63) is 23.2 Å². The molecule has 0 aromatic heterocycles. The van der Waals surface area contributed by atoms with E-state index in [-0.39, 0.29) is 0 Å². The molecule has 0 aromatic rings. The quantitative estimate of drug-likeness (QED) is 0.372. The topological polar surface area (TPSA) is 74.8 Å². The van der Waals surface area contributed by atoms with Crippen molar-refractivity contribution in [1.29, 1.82) is 0 Å². The molecule has 0 bridgehead atoms. The highest BCUT2D eigenvalue weighted by Gasteiger charge is 2.26. The van der Waals surface area contributed by atoms with Crippen LogP contribution in [0, 0.1) is 0 Å². The minimum absolute atomic E-state index is 0.569. The molecular formula is C12H13BrCl2N2O4. The molecule has 0 aromatic carbocycles. The van der Waals surface area contributed by atoms with Gasteiger partial charge in [0.2, 0.25) is 10.5 Å². The van der Waals surface area contributed by atoms with Gasteiger partial charge in [0, 0.05) is 12.2 Å². The second-order valence-corrected chi connectivity index (χ2v) is 4.98. The summed E-state index contributed by atoms with van der Waals surface area (Å²) < 4.78 is 0. The molecule has 0 saturated carbocycles. The number of hydrogen-bond donors (Lipinski definition) is 0. The van der Waals surface area contributed by atoms with Crippen molar-refractivity contribution in [2.75, 3.05) is 13.1 Å². The molecule has 9 heteroatoms. The van der Waals surface area contributed by atoms with Gasteiger partial charge < -0.3 is 0 Å². The smallest absolute Gasteiger partial charge is 0.266 e. The van der Waals surface area contributed by atoms with Gasteiger partial charge in [-0.3, -0.25) is 19.2 Å². The highest BCUT2D eigenvalue weighted by Crippen LogP contribution is 2.06. The normalized spacial score (nSPS) is 10.9. The molecule has 0 spiro atoms. The Labute approximate surface area is 140 Å². The Morgan fingerprint density at radius 1 is 0.952 bits per heavy atom. The molecule has 0 unspecified atom stereocenters. The Morgan fingerprint density at radius 3 is 1.71 bits per heavy atom. The van der Waals surface area contributed by atoms with Crippen molar-refractivity contribution in [1.82, 2.24) is 10.0 Å². The van der Waals surface area contributed by atoms with E-state index >= 15 is 0 Å². The molecule has 0 aliphatic carbocycles. The average molecular weight is 400 g/mol. The monoisotopic (exact) mass is 398 g/mol. The summed E-state index contributed by atoms with van der Waals surface area (Å²) in [5.41, 5.74) is 0. The lowest BCUT2D eigenvalue weighted by molar-refractivity contribution is -0.159. The van der Waals surface area contributed by atoms with Crippen LogP contribution in [0.25, 0.3) is 0 Å². The van der Waals surface area contributed by atoms with Crippen LogP contribution in [0.1, 0.15) is 13.3 Å². The maximum absolute atomic E-state index is 12.0. The van der Waals surface area contributed by atoms with Crippen molar-refractivity contribution in [2.24, 2.45) is 0 Å². The molecule has 0 saturated heterocycles. The SMILES string of the molecule is CC/C=C/C(=O)N(CC(=O)Cl)N(CC(=O)Cl)C(=O)/C=C/Br. The number of nitrogens with zero attached hydrogens (tertiary/aromatic N) is 2. The van der Waals surface area contributed by atoms with Gasteiger partial charge in [-0.15, -0.1) is 0 Å². The number of carbonyl (C=O) groups is 4. The number of hydrazine groups is 1. The molecule has 116 valence electrons. The van der Waals surface area contributed by atoms with Crippen LogP contribution in [-0.2, 0) is 19.2 Å². The first kappa shape index (κ1) is 19.8. The van der Waals surface area contributed by atoms with E-state index in [9.17, 15) is 19.2 Å². The molecule has 0 atom stereocenters. The second kappa shape index (κ2) is 10.5. The third-order valence-electron chi connectivity index (χ3n) is 2.05. The van der Waals surface area contributed by atoms with E-state index in [1.54, 1.807) is 13.0 Å². The van der Waals surface area contributed by atoms with Crippen LogP contribution in [0.3, 0.4) is 0 Å². The van der Waals surface area contributed by atoms with Crippen LogP contribution in [0.2, 0.25) is 0 Å². The van der Waals surface area contributed by atoms with E-state index in [0.29, 0.717) is 6.42 Å². The predicted molar refractivity (Wildman–Crippen MR) is 82.6 cm³/mol. The molecule has 2 amide bonds. The molecule has 0 heterocycles. The maximum Gasteiger partial charge on any atom is 0.266 e. The zero-order valence-electron chi connectivity index (χ0n) is 11.1. The van der Waals surface area contributed by atoms with Gasteiger partial charge in [-0.2, -0.15) is 0 Å². The zero-order chi connectivity index (χ0) is 16.4. The lowest BCUT2D eigenvalue weighted by Crippen LogP contribution is -2.51. The molecule has 0 rings (SSSR count). The summed E-state index contributed by atoms with van der Waals surface area (Å²) in [4.78, 5) is 47.3. The molecule has 0 radical (unpaired) electrons. The predicted octanol–water partition coefficient (Wildman–Crippen LogP) is 1.96. The largest absolute Gasteiger partial charge is 0.279 e. The molecule has 0 aliphatic heterocycles. The maximum atomic E-state index is 12.0. The Morgan fingerprint density at radius 2 is 1.38 bits per heavy atom. The van der Waals surface area contributed by atoms with E-state index in [4.69, 9.17) is 23.2 Å². The number of allylic oxidation sites excluding steroid dienone is 1. The molecular weight excluding hydrogens is 387 g/mol. The van der Waals surface area contributed by atoms with Crippen LogP contribution < -0.4 is 0 Å². The van der Waals surface area contributed by atoms with E-state index in [1.807, 2.05) is 0 Å². The number of halogens is 3. The fourth-order valence-electron chi connectivity index (χ4n) is 1.24. The Balaban J connectivity index is 5.48. The number of hydrogen-bond acceptors (Lipinski definition) is 4. The van der Waals surface area contributed by atoms with Gasteiger partial charge in [-0.25, -0.2) is 10.0 Å². The lowest BCUT2D eigenvalue weighted by atomic mass is 10.4. The van der Waals surface area contributed by atoms with Gasteiger partial charge in [0.05, 0.1) is 0 Å². The van der Waals surface area contributed by atoms with Gasteiger partial charge >= 0.3 is 0 Å². The van der Waals surface area contributed by atoms with E-state index in [2.05, 4.69) is 15.9 Å². The second-order valence-electron chi connectivity index (χ2n) is 3.61. The van der Waals surface area contributed by atoms with Gasteiger partial charge in [-0.05, 0) is 34.6 Å². The summed E-state index contributed by atoms with van der Waals surface area (Å²) in [6.45, 7) is 0.660. The molecule has 0 aliphatic rings. The van der Waals surface area contributed by atoms with Crippen molar-refractivity contribution in [3.8, 4) is 0 Å². The van der Waals surface area contributed by atoms with Crippen molar-refractivity contribution < 1.29 is 19.2 Å². The summed E-state index contributed by atoms with van der Waals surface area (Å²) >= 11 is 13.4. The molecule has 0 fully saturated rings. The summed E-state index contributed by atoms with van der Waals surface area (Å²) in [6.07, 6.45) is 4.36. The summed E-state index contributed by atoms with van der Waals surface area (Å²) in [5.74, 6) is -1.38. The van der Waals surface area contributed by atoms with Crippen LogP contribution in [0.15, 0.2) is 23.2 Å². The van der Waals surface area contributed by atoms with Gasteiger partial charge in [-0.1, -0.05) is 28.9 Å². The highest BCUT2D eigenvalue weighted by atomic mass is 79.9. The first-order valence-corrected chi connectivity index (χ1v) is 7.43. The van der Waals surface area contributed by atoms with Crippen molar-refractivity contribution in [2.45, 2.75) is 13.3 Å². The first-order valence-electron chi connectivity index (χ1n) is 5.76. The Hall–Kier alpha value is -1.18. The summed E-state index contributed by atoms with van der Waals surface area (Å²) in [6, 6.07) is 0. The standard InChI is InChI=1S/C12H13BrCl2N2O4/c1-2-3-4-11(20)16(7-9(14)18)17(8-10(15)19)12(21)5-6-13/h3-6H,2,7-8H2,1H3/b4-3+,6-5+. The van der Waals surface area contributed by atoms with Crippen LogP contribution >= 0.6 is 39.1 Å². The summed E-state index contributed by atoms with van der Waals surface area (Å²) in [7, 11) is 0. The van der Waals surface area contributed by atoms with Crippen LogP contribution in [0.5, 0.6) is 0 Å². The van der Waals surface area contributed by atoms with Crippen LogP contribution in [0.4, 0.5) is 0 Å². The van der Waals surface area contributed by atoms with Gasteiger partial charge in [0.25, 0.3) is 11.8 Å². The minimum atomic E-state index is -0.870. The zero-order valence-corrected chi connectivity index (χ0v) is 14.2. The Kier molecular flexibility index (Phi) is 9.94. The third-order valence-corrected chi connectivity index (χ3v) is 2.55. The third kappa shape index (κ3) is 7.99. The van der Waals surface area contributed by atoms with Crippen LogP contribution in [-0.4, -0.2) is 45.4 Å². The van der Waals surface area contributed by atoms with Crippen molar-refractivity contribution in [3.63, 3.8) is 0 Å². The average Bonchev–Trinajstić information content (AvgIpc) is 2.39. The van der Waals surface area contributed by atoms with Gasteiger partial charge in [0.15, 0.2) is 0 Å².